The number of nitrogens with zero attached hydrogens (tertiary/aromatic N) is 1. The van der Waals surface area contributed by atoms with E-state index in [4.69, 9.17) is 5.73 Å². The molecule has 1 amide bonds. The molecule has 1 saturated heterocycles. The summed E-state index contributed by atoms with van der Waals surface area (Å²) in [6.07, 6.45) is -1.88. The van der Waals surface area contributed by atoms with Crippen molar-refractivity contribution in [3.05, 3.63) is 0 Å². The van der Waals surface area contributed by atoms with Crippen LogP contribution in [0.4, 0.5) is 13.2 Å². The number of likely N-dealkylation sites (tertiary alicyclic amines) is 1. The van der Waals surface area contributed by atoms with E-state index in [1.54, 1.807) is 0 Å². The molecule has 0 unspecified atom stereocenters. The second-order valence-electron chi connectivity index (χ2n) is 5.12. The lowest BCUT2D eigenvalue weighted by Crippen LogP contribution is -2.60. The van der Waals surface area contributed by atoms with Gasteiger partial charge in [-0.1, -0.05) is 0 Å². The van der Waals surface area contributed by atoms with Gasteiger partial charge in [-0.15, -0.1) is 12.4 Å². The Morgan fingerprint density at radius 3 is 2.06 bits per heavy atom. The van der Waals surface area contributed by atoms with E-state index in [0.717, 1.165) is 6.42 Å². The molecule has 2 fully saturated rings. The number of carbonyl (C=O) groups excluding carboxylic acids is 1. The lowest BCUT2D eigenvalue weighted by Gasteiger charge is -2.42. The Morgan fingerprint density at radius 1 is 1.22 bits per heavy atom. The maximum absolute atomic E-state index is 12.5. The van der Waals surface area contributed by atoms with Crippen molar-refractivity contribution in [3.63, 3.8) is 0 Å². The molecule has 0 atom stereocenters. The van der Waals surface area contributed by atoms with Crippen LogP contribution < -0.4 is 5.73 Å². The van der Waals surface area contributed by atoms with E-state index in [2.05, 4.69) is 0 Å². The van der Waals surface area contributed by atoms with Crippen molar-refractivity contribution in [2.75, 3.05) is 13.1 Å². The van der Waals surface area contributed by atoms with Gasteiger partial charge in [-0.2, -0.15) is 13.2 Å². The quantitative estimate of drug-likeness (QED) is 0.802. The van der Waals surface area contributed by atoms with E-state index >= 15 is 0 Å². The van der Waals surface area contributed by atoms with Crippen LogP contribution in [0.3, 0.4) is 0 Å². The lowest BCUT2D eigenvalue weighted by atomic mass is 9.76. The summed E-state index contributed by atoms with van der Waals surface area (Å²) < 4.78 is 37.4. The summed E-state index contributed by atoms with van der Waals surface area (Å²) in [5.41, 5.74) is 5.10. The molecule has 3 nitrogen and oxygen atoms in total. The third-order valence-corrected chi connectivity index (χ3v) is 3.92. The van der Waals surface area contributed by atoms with Crippen LogP contribution in [-0.2, 0) is 4.79 Å². The number of piperidine rings is 1. The summed E-state index contributed by atoms with van der Waals surface area (Å²) in [4.78, 5) is 13.5. The van der Waals surface area contributed by atoms with Crippen molar-refractivity contribution < 1.29 is 18.0 Å². The molecule has 7 heteroatoms. The number of carbonyl (C=O) groups is 1. The zero-order valence-electron chi connectivity index (χ0n) is 10.0. The largest absolute Gasteiger partial charge is 0.391 e. The fourth-order valence-corrected chi connectivity index (χ4v) is 2.50. The molecule has 1 heterocycles. The molecule has 2 N–H and O–H groups in total. The van der Waals surface area contributed by atoms with Gasteiger partial charge in [-0.25, -0.2) is 0 Å². The second kappa shape index (κ2) is 5.25. The fraction of sp³-hybridized carbons (Fsp3) is 0.909. The summed E-state index contributed by atoms with van der Waals surface area (Å²) in [5, 5.41) is 0. The molecule has 0 aromatic rings. The predicted molar refractivity (Wildman–Crippen MR) is 63.4 cm³/mol. The van der Waals surface area contributed by atoms with E-state index in [1.807, 2.05) is 0 Å². The van der Waals surface area contributed by atoms with Gasteiger partial charge < -0.3 is 10.6 Å². The Labute approximate surface area is 110 Å². The Hall–Kier alpha value is -0.490. The van der Waals surface area contributed by atoms with Gasteiger partial charge in [0.1, 0.15) is 0 Å². The molecule has 1 aliphatic heterocycles. The van der Waals surface area contributed by atoms with Crippen LogP contribution in [0.25, 0.3) is 0 Å². The van der Waals surface area contributed by atoms with Gasteiger partial charge in [0.25, 0.3) is 0 Å². The van der Waals surface area contributed by atoms with Crippen molar-refractivity contribution >= 4 is 18.3 Å². The summed E-state index contributed by atoms with van der Waals surface area (Å²) in [6, 6.07) is 0. The molecule has 2 rings (SSSR count). The molecular weight excluding hydrogens is 269 g/mol. The van der Waals surface area contributed by atoms with Crippen molar-refractivity contribution in [3.8, 4) is 0 Å². The highest BCUT2D eigenvalue weighted by Gasteiger charge is 2.46. The topological polar surface area (TPSA) is 46.3 Å². The van der Waals surface area contributed by atoms with Gasteiger partial charge >= 0.3 is 6.18 Å². The highest BCUT2D eigenvalue weighted by Crippen LogP contribution is 2.36. The van der Waals surface area contributed by atoms with Gasteiger partial charge in [0.2, 0.25) is 5.91 Å². The molecule has 1 aliphatic carbocycles. The van der Waals surface area contributed by atoms with Crippen molar-refractivity contribution in [2.45, 2.75) is 43.8 Å². The zero-order valence-corrected chi connectivity index (χ0v) is 10.8. The minimum Gasteiger partial charge on any atom is -0.341 e. The monoisotopic (exact) mass is 286 g/mol. The Morgan fingerprint density at radius 2 is 1.72 bits per heavy atom. The van der Waals surface area contributed by atoms with Crippen molar-refractivity contribution in [1.82, 2.24) is 4.90 Å². The first kappa shape index (κ1) is 15.6. The average molecular weight is 287 g/mol. The first-order chi connectivity index (χ1) is 7.83. The summed E-state index contributed by atoms with van der Waals surface area (Å²) in [6.45, 7) is 0.365. The van der Waals surface area contributed by atoms with E-state index in [9.17, 15) is 18.0 Å². The van der Waals surface area contributed by atoms with Crippen molar-refractivity contribution in [1.29, 1.82) is 0 Å². The minimum atomic E-state index is -4.13. The zero-order chi connectivity index (χ0) is 12.7. The molecule has 0 radical (unpaired) electrons. The van der Waals surface area contributed by atoms with Crippen LogP contribution in [-0.4, -0.2) is 35.6 Å². The normalized spacial score (nSPS) is 24.1. The number of amides is 1. The van der Waals surface area contributed by atoms with E-state index in [0.29, 0.717) is 12.8 Å². The lowest BCUT2D eigenvalue weighted by molar-refractivity contribution is -0.187. The fourth-order valence-electron chi connectivity index (χ4n) is 2.50. The number of hydrogen-bond donors (Lipinski definition) is 1. The van der Waals surface area contributed by atoms with E-state index in [1.165, 1.54) is 4.90 Å². The third-order valence-electron chi connectivity index (χ3n) is 3.92. The van der Waals surface area contributed by atoms with Crippen LogP contribution in [0, 0.1) is 5.92 Å². The van der Waals surface area contributed by atoms with Crippen molar-refractivity contribution in [2.24, 2.45) is 11.7 Å². The van der Waals surface area contributed by atoms with E-state index in [-0.39, 0.29) is 44.2 Å². The van der Waals surface area contributed by atoms with Gasteiger partial charge in [-0.3, -0.25) is 4.79 Å². The number of halogens is 4. The molecule has 0 aromatic carbocycles. The molecule has 106 valence electrons. The first-order valence-corrected chi connectivity index (χ1v) is 5.98. The van der Waals surface area contributed by atoms with E-state index < -0.39 is 17.6 Å². The number of hydrogen-bond acceptors (Lipinski definition) is 2. The first-order valence-electron chi connectivity index (χ1n) is 5.98. The van der Waals surface area contributed by atoms with Gasteiger partial charge in [0.15, 0.2) is 0 Å². The number of rotatable bonds is 1. The molecule has 2 aliphatic rings. The number of nitrogens with two attached hydrogens (primary N) is 1. The molecule has 0 bridgehead atoms. The van der Waals surface area contributed by atoms with Crippen LogP contribution in [0.2, 0.25) is 0 Å². The minimum absolute atomic E-state index is 0. The number of alkyl halides is 3. The van der Waals surface area contributed by atoms with Gasteiger partial charge in [0, 0.05) is 13.1 Å². The predicted octanol–water partition coefficient (Wildman–Crippen LogP) is 2.09. The molecule has 0 aromatic heterocycles. The van der Waals surface area contributed by atoms with Crippen LogP contribution in [0.1, 0.15) is 32.1 Å². The van der Waals surface area contributed by atoms with Gasteiger partial charge in [0.05, 0.1) is 11.5 Å². The summed E-state index contributed by atoms with van der Waals surface area (Å²) in [5.74, 6) is -1.42. The van der Waals surface area contributed by atoms with Crippen LogP contribution in [0.5, 0.6) is 0 Å². The van der Waals surface area contributed by atoms with Crippen LogP contribution >= 0.6 is 12.4 Å². The maximum Gasteiger partial charge on any atom is 0.391 e. The third kappa shape index (κ3) is 2.91. The highest BCUT2D eigenvalue weighted by molar-refractivity contribution is 5.87. The maximum atomic E-state index is 12.5. The van der Waals surface area contributed by atoms with Gasteiger partial charge in [-0.05, 0) is 32.1 Å². The molecule has 0 spiro atoms. The Balaban J connectivity index is 0.00000162. The summed E-state index contributed by atoms with van der Waals surface area (Å²) >= 11 is 0. The molecule has 1 saturated carbocycles. The Kier molecular flexibility index (Phi) is 4.54. The summed E-state index contributed by atoms with van der Waals surface area (Å²) in [7, 11) is 0. The SMILES string of the molecule is Cl.NC1(C(=O)N2CCC(C(F)(F)F)CC2)CCC1. The Bertz CT molecular complexity index is 310. The average Bonchev–Trinajstić information content (AvgIpc) is 2.24. The second-order valence-corrected chi connectivity index (χ2v) is 5.12. The highest BCUT2D eigenvalue weighted by atomic mass is 35.5. The van der Waals surface area contributed by atoms with Crippen LogP contribution in [0.15, 0.2) is 0 Å². The standard InChI is InChI=1S/C11H17F3N2O.ClH/c12-11(13,14)8-2-6-16(7-3-8)9(17)10(15)4-1-5-10;/h8H,1-7,15H2;1H. The smallest absolute Gasteiger partial charge is 0.341 e. The molecule has 18 heavy (non-hydrogen) atoms. The molecular formula is C11H18ClF3N2O.